The average molecular weight is 383 g/mol. The summed E-state index contributed by atoms with van der Waals surface area (Å²) in [5, 5.41) is 6.67. The highest BCUT2D eigenvalue weighted by atomic mass is 16.5. The number of benzene rings is 1. The van der Waals surface area contributed by atoms with Crippen molar-refractivity contribution in [1.29, 1.82) is 0 Å². The van der Waals surface area contributed by atoms with E-state index in [1.165, 1.54) is 5.56 Å². The molecule has 28 heavy (non-hydrogen) atoms. The molecule has 6 nitrogen and oxygen atoms in total. The fraction of sp³-hybridized carbons (Fsp3) is 0.455. The van der Waals surface area contributed by atoms with Gasteiger partial charge in [-0.15, -0.1) is 0 Å². The number of hydrogen-bond acceptors (Lipinski definition) is 4. The van der Waals surface area contributed by atoms with Crippen molar-refractivity contribution >= 4 is 5.96 Å². The summed E-state index contributed by atoms with van der Waals surface area (Å²) in [5.74, 6) is 2.15. The Morgan fingerprint density at radius 3 is 2.82 bits per heavy atom. The van der Waals surface area contributed by atoms with Crippen LogP contribution >= 0.6 is 0 Å². The van der Waals surface area contributed by atoms with E-state index in [1.54, 1.807) is 7.05 Å². The van der Waals surface area contributed by atoms with E-state index in [-0.39, 0.29) is 0 Å². The van der Waals surface area contributed by atoms with Gasteiger partial charge in [0.2, 0.25) is 0 Å². The van der Waals surface area contributed by atoms with Gasteiger partial charge in [-0.05, 0) is 44.0 Å². The smallest absolute Gasteiger partial charge is 0.191 e. The zero-order valence-electron chi connectivity index (χ0n) is 17.0. The Balaban J connectivity index is 1.55. The molecule has 0 amide bonds. The summed E-state index contributed by atoms with van der Waals surface area (Å²) in [6, 6.07) is 12.3. The molecule has 1 fully saturated rings. The maximum Gasteiger partial charge on any atom is 0.191 e. The molecule has 0 aliphatic carbocycles. The first-order valence-corrected chi connectivity index (χ1v) is 9.81. The van der Waals surface area contributed by atoms with Crippen molar-refractivity contribution in [3.63, 3.8) is 0 Å². The predicted octanol–water partition coefficient (Wildman–Crippen LogP) is 2.98. The fourth-order valence-corrected chi connectivity index (χ4v) is 3.14. The molecule has 2 heterocycles. The van der Waals surface area contributed by atoms with Crippen molar-refractivity contribution < 1.29 is 9.47 Å². The second-order valence-corrected chi connectivity index (χ2v) is 7.20. The van der Waals surface area contributed by atoms with Gasteiger partial charge in [-0.3, -0.25) is 9.98 Å². The molecule has 1 aliphatic heterocycles. The minimum Gasteiger partial charge on any atom is -0.493 e. The highest BCUT2D eigenvalue weighted by Gasteiger charge is 2.17. The van der Waals surface area contributed by atoms with Gasteiger partial charge in [0.1, 0.15) is 5.75 Å². The average Bonchev–Trinajstić information content (AvgIpc) is 3.21. The van der Waals surface area contributed by atoms with Crippen LogP contribution in [-0.4, -0.2) is 37.8 Å². The van der Waals surface area contributed by atoms with E-state index < -0.39 is 0 Å². The zero-order chi connectivity index (χ0) is 19.8. The monoisotopic (exact) mass is 382 g/mol. The molecule has 1 aliphatic rings. The van der Waals surface area contributed by atoms with Crippen molar-refractivity contribution in [2.24, 2.45) is 10.9 Å². The molecule has 2 aromatic rings. The van der Waals surface area contributed by atoms with E-state index in [9.17, 15) is 0 Å². The molecule has 2 N–H and O–H groups in total. The number of guanidine groups is 1. The molecule has 0 saturated carbocycles. The van der Waals surface area contributed by atoms with Crippen molar-refractivity contribution in [2.45, 2.75) is 33.4 Å². The number of aromatic nitrogens is 1. The first-order chi connectivity index (χ1) is 13.6. The number of nitrogens with zero attached hydrogens (tertiary/aromatic N) is 2. The Hall–Kier alpha value is -2.60. The van der Waals surface area contributed by atoms with Gasteiger partial charge in [0.05, 0.1) is 25.5 Å². The Kier molecular flexibility index (Phi) is 7.25. The molecule has 0 radical (unpaired) electrons. The maximum absolute atomic E-state index is 6.12. The van der Waals surface area contributed by atoms with Gasteiger partial charge in [0, 0.05) is 37.4 Å². The molecular formula is C22H30N4O2. The fourth-order valence-electron chi connectivity index (χ4n) is 3.14. The molecule has 1 saturated heterocycles. The van der Waals surface area contributed by atoms with Crippen molar-refractivity contribution in [1.82, 2.24) is 15.6 Å². The summed E-state index contributed by atoms with van der Waals surface area (Å²) in [4.78, 5) is 8.81. The minimum absolute atomic E-state index is 0.484. The van der Waals surface area contributed by atoms with Crippen LogP contribution in [0.5, 0.6) is 5.75 Å². The number of rotatable bonds is 7. The van der Waals surface area contributed by atoms with Gasteiger partial charge in [-0.1, -0.05) is 18.2 Å². The summed E-state index contributed by atoms with van der Waals surface area (Å²) in [6.07, 6.45) is 1.07. The molecule has 3 rings (SSSR count). The standard InChI is InChI=1S/C22H30N4O2/c1-16-7-8-19(21(11-16)28-15-18-9-10-27-14-18)12-24-22(23-3)25-13-20-6-4-5-17(2)26-20/h4-8,11,18H,9-10,12-15H2,1-3H3,(H2,23,24,25). The topological polar surface area (TPSA) is 67.8 Å². The zero-order valence-corrected chi connectivity index (χ0v) is 17.0. The highest BCUT2D eigenvalue weighted by molar-refractivity contribution is 5.79. The van der Waals surface area contributed by atoms with Crippen LogP contribution in [0.15, 0.2) is 41.4 Å². The largest absolute Gasteiger partial charge is 0.493 e. The lowest BCUT2D eigenvalue weighted by Gasteiger charge is -2.17. The van der Waals surface area contributed by atoms with Gasteiger partial charge in [-0.2, -0.15) is 0 Å². The summed E-state index contributed by atoms with van der Waals surface area (Å²) in [7, 11) is 1.77. The van der Waals surface area contributed by atoms with E-state index in [1.807, 2.05) is 25.1 Å². The lowest BCUT2D eigenvalue weighted by Crippen LogP contribution is -2.36. The van der Waals surface area contributed by atoms with Crippen LogP contribution in [0, 0.1) is 19.8 Å². The first-order valence-electron chi connectivity index (χ1n) is 9.81. The molecule has 150 valence electrons. The van der Waals surface area contributed by atoms with Gasteiger partial charge in [-0.25, -0.2) is 0 Å². The second kappa shape index (κ2) is 10.1. The lowest BCUT2D eigenvalue weighted by molar-refractivity contribution is 0.166. The third kappa shape index (κ3) is 5.96. The van der Waals surface area contributed by atoms with E-state index in [2.05, 4.69) is 45.7 Å². The minimum atomic E-state index is 0.484. The second-order valence-electron chi connectivity index (χ2n) is 7.20. The SMILES string of the molecule is CN=C(NCc1cccc(C)n1)NCc1ccc(C)cc1OCC1CCOC1. The Bertz CT molecular complexity index is 801. The van der Waals surface area contributed by atoms with E-state index in [0.29, 0.717) is 25.6 Å². The Morgan fingerprint density at radius 1 is 1.21 bits per heavy atom. The summed E-state index contributed by atoms with van der Waals surface area (Å²) in [6.45, 7) is 7.67. The van der Waals surface area contributed by atoms with Crippen LogP contribution in [0.1, 0.15) is 28.9 Å². The third-order valence-electron chi connectivity index (χ3n) is 4.77. The normalized spacial score (nSPS) is 16.8. The molecule has 6 heteroatoms. The van der Waals surface area contributed by atoms with Crippen LogP contribution in [0.4, 0.5) is 0 Å². The van der Waals surface area contributed by atoms with Crippen molar-refractivity contribution in [2.75, 3.05) is 26.9 Å². The Morgan fingerprint density at radius 2 is 2.07 bits per heavy atom. The number of aliphatic imine (C=N–C) groups is 1. The van der Waals surface area contributed by atoms with Crippen molar-refractivity contribution in [3.8, 4) is 5.75 Å². The quantitative estimate of drug-likeness (QED) is 0.569. The molecule has 0 bridgehead atoms. The van der Waals surface area contributed by atoms with Gasteiger partial charge in [0.25, 0.3) is 0 Å². The van der Waals surface area contributed by atoms with E-state index in [4.69, 9.17) is 9.47 Å². The van der Waals surface area contributed by atoms with Crippen molar-refractivity contribution in [3.05, 3.63) is 58.9 Å². The predicted molar refractivity (Wildman–Crippen MR) is 112 cm³/mol. The number of ether oxygens (including phenoxy) is 2. The molecule has 1 unspecified atom stereocenters. The third-order valence-corrected chi connectivity index (χ3v) is 4.77. The lowest BCUT2D eigenvalue weighted by atomic mass is 10.1. The van der Waals surface area contributed by atoms with Crippen LogP contribution in [0.3, 0.4) is 0 Å². The highest BCUT2D eigenvalue weighted by Crippen LogP contribution is 2.22. The van der Waals surface area contributed by atoms with E-state index >= 15 is 0 Å². The summed E-state index contributed by atoms with van der Waals surface area (Å²) < 4.78 is 11.6. The van der Waals surface area contributed by atoms with Crippen LogP contribution in [0.2, 0.25) is 0 Å². The molecular weight excluding hydrogens is 352 g/mol. The van der Waals surface area contributed by atoms with Gasteiger partial charge in [0.15, 0.2) is 5.96 Å². The maximum atomic E-state index is 6.12. The van der Waals surface area contributed by atoms with Crippen LogP contribution in [-0.2, 0) is 17.8 Å². The Labute approximate surface area is 167 Å². The summed E-state index contributed by atoms with van der Waals surface area (Å²) >= 11 is 0. The van der Waals surface area contributed by atoms with Crippen LogP contribution < -0.4 is 15.4 Å². The number of aryl methyl sites for hydroxylation is 2. The summed E-state index contributed by atoms with van der Waals surface area (Å²) in [5.41, 5.74) is 4.30. The van der Waals surface area contributed by atoms with E-state index in [0.717, 1.165) is 48.3 Å². The van der Waals surface area contributed by atoms with Gasteiger partial charge >= 0.3 is 0 Å². The molecule has 1 atom stereocenters. The first kappa shape index (κ1) is 20.1. The molecule has 1 aromatic heterocycles. The number of nitrogens with one attached hydrogen (secondary N) is 2. The van der Waals surface area contributed by atoms with Crippen LogP contribution in [0.25, 0.3) is 0 Å². The molecule has 0 spiro atoms. The number of hydrogen-bond donors (Lipinski definition) is 2. The molecule has 1 aromatic carbocycles. The van der Waals surface area contributed by atoms with Gasteiger partial charge < -0.3 is 20.1 Å². The number of pyridine rings is 1.